The Labute approximate surface area is 335 Å². The van der Waals surface area contributed by atoms with Gasteiger partial charge in [0.15, 0.2) is 6.10 Å². The minimum Gasteiger partial charge on any atom is -0.456 e. The van der Waals surface area contributed by atoms with E-state index in [1.165, 1.54) is 20.2 Å². The average molecular weight is 797 g/mol. The number of carbonyl (C=O) groups is 4. The number of furan rings is 1. The van der Waals surface area contributed by atoms with Gasteiger partial charge in [-0.05, 0) is 73.9 Å². The lowest BCUT2D eigenvalue weighted by molar-refractivity contribution is -0.143. The number of benzene rings is 2. The van der Waals surface area contributed by atoms with Gasteiger partial charge in [0.05, 0.1) is 48.5 Å². The molecule has 0 bridgehead atoms. The number of hydrogen-bond donors (Lipinski definition) is 4. The zero-order valence-electron chi connectivity index (χ0n) is 33.4. The van der Waals surface area contributed by atoms with Gasteiger partial charge in [-0.3, -0.25) is 9.59 Å². The number of nitrogens with one attached hydrogen (secondary N) is 4. The van der Waals surface area contributed by atoms with Crippen molar-refractivity contribution in [3.05, 3.63) is 72.3 Å². The highest BCUT2D eigenvalue weighted by molar-refractivity contribution is 5.88. The van der Waals surface area contributed by atoms with E-state index in [2.05, 4.69) is 30.6 Å². The Morgan fingerprint density at radius 2 is 1.43 bits per heavy atom. The Hall–Kier alpha value is -6.19. The number of nitrogens with zero attached hydrogens (tertiary/aromatic N) is 4. The first kappa shape index (κ1) is 40.0. The highest BCUT2D eigenvalue weighted by Crippen LogP contribution is 2.37. The second-order valence-electron chi connectivity index (χ2n) is 15.5. The molecule has 2 aliphatic heterocycles. The van der Waals surface area contributed by atoms with Crippen LogP contribution < -0.4 is 10.6 Å². The molecule has 4 N–H and O–H groups in total. The Morgan fingerprint density at radius 3 is 2.00 bits per heavy atom. The quantitative estimate of drug-likeness (QED) is 0.108. The molecule has 2 aromatic carbocycles. The van der Waals surface area contributed by atoms with Crippen LogP contribution in [0, 0.1) is 17.7 Å². The van der Waals surface area contributed by atoms with Crippen LogP contribution in [-0.4, -0.2) is 93.1 Å². The summed E-state index contributed by atoms with van der Waals surface area (Å²) in [5, 5.41) is 5.85. The molecule has 2 saturated heterocycles. The lowest BCUT2D eigenvalue weighted by Crippen LogP contribution is -2.51. The van der Waals surface area contributed by atoms with Crippen molar-refractivity contribution in [2.75, 3.05) is 27.2 Å². The van der Waals surface area contributed by atoms with E-state index < -0.39 is 30.1 Å². The van der Waals surface area contributed by atoms with Crippen LogP contribution in [0.5, 0.6) is 0 Å². The van der Waals surface area contributed by atoms with Gasteiger partial charge in [0.1, 0.15) is 34.9 Å². The molecule has 0 radical (unpaired) electrons. The first-order chi connectivity index (χ1) is 27.9. The van der Waals surface area contributed by atoms with Crippen LogP contribution in [0.4, 0.5) is 14.0 Å². The van der Waals surface area contributed by atoms with Gasteiger partial charge in [0.25, 0.3) is 5.91 Å². The fourth-order valence-corrected chi connectivity index (χ4v) is 7.85. The summed E-state index contributed by atoms with van der Waals surface area (Å²) in [7, 11) is 2.72. The van der Waals surface area contributed by atoms with E-state index in [4.69, 9.17) is 13.9 Å². The average Bonchev–Trinajstić information content (AvgIpc) is 4.06. The summed E-state index contributed by atoms with van der Waals surface area (Å²) in [6.45, 7) is 8.46. The molecule has 4 amide bonds. The van der Waals surface area contributed by atoms with Crippen LogP contribution in [0.25, 0.3) is 44.8 Å². The molecule has 16 heteroatoms. The summed E-state index contributed by atoms with van der Waals surface area (Å²) in [6, 6.07) is 11.0. The molecule has 15 nitrogen and oxygen atoms in total. The Balaban J connectivity index is 1.06. The van der Waals surface area contributed by atoms with Crippen molar-refractivity contribution in [2.24, 2.45) is 11.8 Å². The summed E-state index contributed by atoms with van der Waals surface area (Å²) in [4.78, 5) is 70.4. The summed E-state index contributed by atoms with van der Waals surface area (Å²) in [5.41, 5.74) is 3.65. The van der Waals surface area contributed by atoms with Crippen LogP contribution in [0.2, 0.25) is 0 Å². The monoisotopic (exact) mass is 796 g/mol. The van der Waals surface area contributed by atoms with Crippen LogP contribution in [0.15, 0.2) is 59.3 Å². The van der Waals surface area contributed by atoms with Gasteiger partial charge in [-0.2, -0.15) is 0 Å². The number of aromatic amines is 2. The van der Waals surface area contributed by atoms with Gasteiger partial charge in [0.2, 0.25) is 5.91 Å². The third kappa shape index (κ3) is 8.00. The number of aromatic nitrogens is 4. The molecule has 2 aliphatic rings. The number of imidazole rings is 2. The molecule has 3 aromatic heterocycles. The maximum Gasteiger partial charge on any atom is 0.407 e. The van der Waals surface area contributed by atoms with Gasteiger partial charge in [-0.25, -0.2) is 23.9 Å². The maximum absolute atomic E-state index is 15.8. The molecule has 5 aromatic rings. The maximum atomic E-state index is 15.8. The number of ether oxygens (including phenoxy) is 2. The molecule has 5 heterocycles. The number of likely N-dealkylation sites (tertiary alicyclic amines) is 2. The summed E-state index contributed by atoms with van der Waals surface area (Å²) in [5.74, 6) is 0.290. The Bertz CT molecular complexity index is 2310. The van der Waals surface area contributed by atoms with Crippen molar-refractivity contribution < 1.29 is 37.5 Å². The highest BCUT2D eigenvalue weighted by atomic mass is 19.1. The van der Waals surface area contributed by atoms with Gasteiger partial charge >= 0.3 is 12.2 Å². The highest BCUT2D eigenvalue weighted by Gasteiger charge is 2.39. The number of fused-ring (bicyclic) bond motifs is 1. The van der Waals surface area contributed by atoms with E-state index in [1.807, 2.05) is 45.9 Å². The largest absolute Gasteiger partial charge is 0.456 e. The molecule has 2 fully saturated rings. The van der Waals surface area contributed by atoms with Crippen molar-refractivity contribution in [1.82, 2.24) is 40.4 Å². The van der Waals surface area contributed by atoms with Crippen LogP contribution in [0.1, 0.15) is 77.1 Å². The third-order valence-corrected chi connectivity index (χ3v) is 10.9. The molecule has 4 atom stereocenters. The van der Waals surface area contributed by atoms with E-state index in [0.29, 0.717) is 59.3 Å². The van der Waals surface area contributed by atoms with Crippen molar-refractivity contribution in [3.8, 4) is 33.8 Å². The van der Waals surface area contributed by atoms with Crippen molar-refractivity contribution in [3.63, 3.8) is 0 Å². The van der Waals surface area contributed by atoms with Crippen LogP contribution >= 0.6 is 0 Å². The van der Waals surface area contributed by atoms with E-state index in [1.54, 1.807) is 40.4 Å². The fraction of sp³-hybridized carbons (Fsp3) is 0.429. The minimum atomic E-state index is -0.936. The third-order valence-electron chi connectivity index (χ3n) is 10.9. The molecule has 0 aliphatic carbocycles. The number of alkyl carbamates (subject to hydrolysis) is 2. The molecular formula is C42H49FN8O7. The van der Waals surface area contributed by atoms with Crippen molar-refractivity contribution in [2.45, 2.75) is 77.6 Å². The number of methoxy groups -OCH3 is 1. The first-order valence-electron chi connectivity index (χ1n) is 19.6. The summed E-state index contributed by atoms with van der Waals surface area (Å²) >= 11 is 0. The van der Waals surface area contributed by atoms with Crippen molar-refractivity contribution in [1.29, 1.82) is 0 Å². The normalized spacial score (nSPS) is 17.9. The van der Waals surface area contributed by atoms with Crippen LogP contribution in [0.3, 0.4) is 0 Å². The Kier molecular flexibility index (Phi) is 11.5. The molecular weight excluding hydrogens is 748 g/mol. The number of hydrogen-bond acceptors (Lipinski definition) is 9. The minimum absolute atomic E-state index is 0.140. The van der Waals surface area contributed by atoms with E-state index in [9.17, 15) is 19.2 Å². The van der Waals surface area contributed by atoms with Crippen molar-refractivity contribution >= 4 is 35.0 Å². The summed E-state index contributed by atoms with van der Waals surface area (Å²) in [6.07, 6.45) is 4.09. The molecule has 7 rings (SSSR count). The zero-order chi connectivity index (χ0) is 41.2. The van der Waals surface area contributed by atoms with E-state index in [-0.39, 0.29) is 35.7 Å². The lowest BCUT2D eigenvalue weighted by Gasteiger charge is -2.30. The standard InChI is InChI=1S/C42H49FN8O7/c1-22(2)35(49-42(55)56-6)39(52)50-15-7-9-31(50)37-45-20-29(47-37)24-12-14-33-26(17-24)19-34(57-33)27-13-11-25(18-28(27)43)30-21-46-38(48-30)32-10-8-16-51(32)40(53)36(23(3)4)58-41(54)44-5/h11-14,17-23,31-32,35-36H,7-10,15-16H2,1-6H3,(H,44,54)(H,45,47)(H,46,48)(H,49,55)/t31-,32-,35-,36-/m0/s1. The molecule has 0 saturated carbocycles. The second-order valence-corrected chi connectivity index (χ2v) is 15.5. The second kappa shape index (κ2) is 16.7. The van der Waals surface area contributed by atoms with Gasteiger partial charge in [-0.1, -0.05) is 33.8 Å². The van der Waals surface area contributed by atoms with E-state index in [0.717, 1.165) is 35.9 Å². The SMILES string of the molecule is CNC(=O)O[C@H](C(=O)N1CCC[C@H]1c1ncc(-c2ccc(-c3cc4cc(-c5cnc([C@@H]6CCCN6C(=O)[C@@H](NC(=O)OC)C(C)C)[nH]5)ccc4o3)c(F)c2)[nH]1)C(C)C. The smallest absolute Gasteiger partial charge is 0.407 e. The molecule has 0 spiro atoms. The van der Waals surface area contributed by atoms with Crippen LogP contribution in [-0.2, 0) is 19.1 Å². The topological polar surface area (TPSA) is 188 Å². The Morgan fingerprint density at radius 1 is 0.828 bits per heavy atom. The van der Waals surface area contributed by atoms with Gasteiger partial charge < -0.3 is 44.3 Å². The number of H-pyrrole nitrogens is 2. The fourth-order valence-electron chi connectivity index (χ4n) is 7.85. The lowest BCUT2D eigenvalue weighted by atomic mass is 10.0. The number of amides is 4. The molecule has 58 heavy (non-hydrogen) atoms. The number of rotatable bonds is 11. The predicted octanol–water partition coefficient (Wildman–Crippen LogP) is 7.11. The molecule has 306 valence electrons. The van der Waals surface area contributed by atoms with Gasteiger partial charge in [-0.15, -0.1) is 0 Å². The first-order valence-corrected chi connectivity index (χ1v) is 19.6. The summed E-state index contributed by atoms with van der Waals surface area (Å²) < 4.78 is 32.1. The number of halogens is 1. The van der Waals surface area contributed by atoms with E-state index >= 15 is 4.39 Å². The molecule has 0 unspecified atom stereocenters. The predicted molar refractivity (Wildman–Crippen MR) is 212 cm³/mol. The zero-order valence-corrected chi connectivity index (χ0v) is 33.4. The number of carbonyl (C=O) groups excluding carboxylic acids is 4. The van der Waals surface area contributed by atoms with Gasteiger partial charge in [0, 0.05) is 36.7 Å².